The molecule has 3 rings (SSSR count). The Balaban J connectivity index is 1.82. The van der Waals surface area contributed by atoms with Crippen LogP contribution in [0.4, 0.5) is 5.69 Å². The number of carbonyl (C=O) groups excluding carboxylic acids is 1. The number of hydrogen-bond acceptors (Lipinski definition) is 4. The first-order chi connectivity index (χ1) is 15.2. The first kappa shape index (κ1) is 24.0. The standard InChI is InChI=1S/C25H26BrNO4S/c1-18-14-15-24(22(26)17-18)31-16-8-13-25(28)27(23-12-7-9-19(2)20(23)3)32(29,30)21-10-5-4-6-11-21/h4-7,9-12,14-15,17H,8,13,16H2,1-3H3. The average Bonchev–Trinajstić information content (AvgIpc) is 2.76. The van der Waals surface area contributed by atoms with Crippen molar-refractivity contribution >= 4 is 37.5 Å². The summed E-state index contributed by atoms with van der Waals surface area (Å²) in [7, 11) is -4.06. The minimum atomic E-state index is -4.06. The van der Waals surface area contributed by atoms with Gasteiger partial charge in [0.25, 0.3) is 10.0 Å². The number of rotatable bonds is 8. The van der Waals surface area contributed by atoms with E-state index in [0.717, 1.165) is 25.5 Å². The molecule has 3 aromatic rings. The second kappa shape index (κ2) is 10.3. The summed E-state index contributed by atoms with van der Waals surface area (Å²) < 4.78 is 34.4. The number of sulfonamides is 1. The van der Waals surface area contributed by atoms with E-state index in [9.17, 15) is 13.2 Å². The van der Waals surface area contributed by atoms with Crippen molar-refractivity contribution in [1.29, 1.82) is 0 Å². The number of hydrogen-bond donors (Lipinski definition) is 0. The molecular weight excluding hydrogens is 490 g/mol. The molecule has 0 atom stereocenters. The second-order valence-electron chi connectivity index (χ2n) is 7.58. The van der Waals surface area contributed by atoms with Gasteiger partial charge >= 0.3 is 0 Å². The van der Waals surface area contributed by atoms with E-state index < -0.39 is 15.9 Å². The molecule has 0 spiro atoms. The number of benzene rings is 3. The Morgan fingerprint density at radius 1 is 0.969 bits per heavy atom. The molecular formula is C25H26BrNO4S. The van der Waals surface area contributed by atoms with Crippen LogP contribution in [0.2, 0.25) is 0 Å². The van der Waals surface area contributed by atoms with Gasteiger partial charge in [0.1, 0.15) is 5.75 Å². The van der Waals surface area contributed by atoms with Crippen molar-refractivity contribution in [3.8, 4) is 5.75 Å². The van der Waals surface area contributed by atoms with Crippen molar-refractivity contribution in [3.63, 3.8) is 0 Å². The number of amides is 1. The van der Waals surface area contributed by atoms with Crippen LogP contribution in [0.1, 0.15) is 29.5 Å². The summed E-state index contributed by atoms with van der Waals surface area (Å²) in [6, 6.07) is 19.1. The number of carbonyl (C=O) groups is 1. The van der Waals surface area contributed by atoms with E-state index >= 15 is 0 Å². The molecule has 0 saturated carbocycles. The first-order valence-electron chi connectivity index (χ1n) is 10.3. The maximum Gasteiger partial charge on any atom is 0.270 e. The molecule has 32 heavy (non-hydrogen) atoms. The van der Waals surface area contributed by atoms with Crippen LogP contribution in [0.5, 0.6) is 5.75 Å². The Bertz CT molecular complexity index is 1210. The third-order valence-electron chi connectivity index (χ3n) is 5.18. The summed E-state index contributed by atoms with van der Waals surface area (Å²) in [6.45, 7) is 6.00. The quantitative estimate of drug-likeness (QED) is 0.347. The molecule has 0 aliphatic carbocycles. The van der Waals surface area contributed by atoms with E-state index in [4.69, 9.17) is 4.74 Å². The number of halogens is 1. The summed E-state index contributed by atoms with van der Waals surface area (Å²) in [6.07, 6.45) is 0.410. The van der Waals surface area contributed by atoms with Crippen LogP contribution in [0.3, 0.4) is 0 Å². The normalized spacial score (nSPS) is 11.2. The Morgan fingerprint density at radius 3 is 2.38 bits per heavy atom. The molecule has 1 amide bonds. The highest BCUT2D eigenvalue weighted by Crippen LogP contribution is 2.30. The fourth-order valence-electron chi connectivity index (χ4n) is 3.28. The van der Waals surface area contributed by atoms with Gasteiger partial charge in [0.2, 0.25) is 5.91 Å². The van der Waals surface area contributed by atoms with Gasteiger partial charge in [-0.15, -0.1) is 0 Å². The van der Waals surface area contributed by atoms with Gasteiger partial charge in [-0.25, -0.2) is 12.7 Å². The molecule has 168 valence electrons. The van der Waals surface area contributed by atoms with Gasteiger partial charge in [0.05, 0.1) is 21.7 Å². The molecule has 0 bridgehead atoms. The molecule has 0 heterocycles. The second-order valence-corrected chi connectivity index (χ2v) is 10.2. The average molecular weight is 516 g/mol. The molecule has 0 unspecified atom stereocenters. The minimum Gasteiger partial charge on any atom is -0.492 e. The lowest BCUT2D eigenvalue weighted by molar-refractivity contribution is -0.117. The highest BCUT2D eigenvalue weighted by Gasteiger charge is 2.31. The molecule has 0 saturated heterocycles. The Kier molecular flexibility index (Phi) is 7.74. The van der Waals surface area contributed by atoms with Gasteiger partial charge in [-0.3, -0.25) is 4.79 Å². The van der Waals surface area contributed by atoms with Crippen LogP contribution in [0, 0.1) is 20.8 Å². The monoisotopic (exact) mass is 515 g/mol. The van der Waals surface area contributed by atoms with Gasteiger partial charge in [0.15, 0.2) is 0 Å². The van der Waals surface area contributed by atoms with E-state index in [1.807, 2.05) is 45.0 Å². The smallest absolute Gasteiger partial charge is 0.270 e. The van der Waals surface area contributed by atoms with E-state index in [1.54, 1.807) is 30.3 Å². The van der Waals surface area contributed by atoms with Gasteiger partial charge in [0, 0.05) is 6.42 Å². The van der Waals surface area contributed by atoms with E-state index in [-0.39, 0.29) is 11.3 Å². The van der Waals surface area contributed by atoms with Crippen LogP contribution < -0.4 is 9.04 Å². The zero-order chi connectivity index (χ0) is 23.3. The van der Waals surface area contributed by atoms with Crippen LogP contribution in [0.15, 0.2) is 76.1 Å². The molecule has 0 radical (unpaired) electrons. The molecule has 0 N–H and O–H groups in total. The third-order valence-corrected chi connectivity index (χ3v) is 7.55. The van der Waals surface area contributed by atoms with Gasteiger partial charge < -0.3 is 4.74 Å². The third kappa shape index (κ3) is 5.40. The largest absolute Gasteiger partial charge is 0.492 e. The topological polar surface area (TPSA) is 63.7 Å². The zero-order valence-corrected chi connectivity index (χ0v) is 20.7. The Labute approximate surface area is 198 Å². The summed E-state index contributed by atoms with van der Waals surface area (Å²) >= 11 is 3.47. The molecule has 5 nitrogen and oxygen atoms in total. The minimum absolute atomic E-state index is 0.0307. The summed E-state index contributed by atoms with van der Waals surface area (Å²) in [5.41, 5.74) is 3.15. The number of nitrogens with zero attached hydrogens (tertiary/aromatic N) is 1. The number of anilines is 1. The van der Waals surface area contributed by atoms with Gasteiger partial charge in [-0.2, -0.15) is 0 Å². The fraction of sp³-hybridized carbons (Fsp3) is 0.240. The van der Waals surface area contributed by atoms with Crippen molar-refractivity contribution in [2.45, 2.75) is 38.5 Å². The molecule has 0 aliphatic rings. The lowest BCUT2D eigenvalue weighted by atomic mass is 10.1. The fourth-order valence-corrected chi connectivity index (χ4v) is 5.42. The lowest BCUT2D eigenvalue weighted by Crippen LogP contribution is -2.37. The molecule has 0 aliphatic heterocycles. The van der Waals surface area contributed by atoms with Crippen LogP contribution in [-0.2, 0) is 14.8 Å². The summed E-state index contributed by atoms with van der Waals surface area (Å²) in [5, 5.41) is 0. The molecule has 0 fully saturated rings. The van der Waals surface area contributed by atoms with Crippen LogP contribution in [-0.4, -0.2) is 20.9 Å². The highest BCUT2D eigenvalue weighted by atomic mass is 79.9. The zero-order valence-electron chi connectivity index (χ0n) is 18.3. The SMILES string of the molecule is Cc1ccc(OCCCC(=O)N(c2cccc(C)c2C)S(=O)(=O)c2ccccc2)c(Br)c1. The van der Waals surface area contributed by atoms with Gasteiger partial charge in [-0.1, -0.05) is 36.4 Å². The molecule has 3 aromatic carbocycles. The van der Waals surface area contributed by atoms with E-state index in [1.165, 1.54) is 12.1 Å². The predicted molar refractivity (Wildman–Crippen MR) is 131 cm³/mol. The Morgan fingerprint density at radius 2 is 1.69 bits per heavy atom. The van der Waals surface area contributed by atoms with E-state index in [2.05, 4.69) is 15.9 Å². The van der Waals surface area contributed by atoms with Crippen molar-refractivity contribution in [2.75, 3.05) is 10.9 Å². The predicted octanol–water partition coefficient (Wildman–Crippen LogP) is 5.96. The van der Waals surface area contributed by atoms with Crippen molar-refractivity contribution in [1.82, 2.24) is 0 Å². The molecule has 7 heteroatoms. The Hall–Kier alpha value is -2.64. The van der Waals surface area contributed by atoms with Crippen LogP contribution >= 0.6 is 15.9 Å². The van der Waals surface area contributed by atoms with Crippen molar-refractivity contribution in [3.05, 3.63) is 87.9 Å². The van der Waals surface area contributed by atoms with E-state index in [0.29, 0.717) is 24.5 Å². The number of aryl methyl sites for hydroxylation is 2. The highest BCUT2D eigenvalue weighted by molar-refractivity contribution is 9.10. The number of ether oxygens (including phenoxy) is 1. The first-order valence-corrected chi connectivity index (χ1v) is 12.5. The lowest BCUT2D eigenvalue weighted by Gasteiger charge is -2.25. The summed E-state index contributed by atoms with van der Waals surface area (Å²) in [5.74, 6) is 0.195. The molecule has 0 aromatic heterocycles. The van der Waals surface area contributed by atoms with Crippen molar-refractivity contribution < 1.29 is 17.9 Å². The van der Waals surface area contributed by atoms with Crippen LogP contribution in [0.25, 0.3) is 0 Å². The van der Waals surface area contributed by atoms with Gasteiger partial charge in [-0.05, 0) is 90.1 Å². The summed E-state index contributed by atoms with van der Waals surface area (Å²) in [4.78, 5) is 13.3. The maximum absolute atomic E-state index is 13.4. The maximum atomic E-state index is 13.4. The van der Waals surface area contributed by atoms with Crippen molar-refractivity contribution in [2.24, 2.45) is 0 Å².